The van der Waals surface area contributed by atoms with E-state index in [0.717, 1.165) is 45.9 Å². The molecule has 2 heterocycles. The number of rotatable bonds is 2. The van der Waals surface area contributed by atoms with E-state index in [-0.39, 0.29) is 17.2 Å². The number of fused-ring (bicyclic) bond motifs is 9. The minimum absolute atomic E-state index is 0.168. The first-order valence-corrected chi connectivity index (χ1v) is 13.5. The predicted molar refractivity (Wildman–Crippen MR) is 148 cm³/mol. The van der Waals surface area contributed by atoms with Crippen molar-refractivity contribution in [3.8, 4) is 5.75 Å². The first-order chi connectivity index (χ1) is 18.3. The summed E-state index contributed by atoms with van der Waals surface area (Å²) in [5.74, 6) is 1.84. The van der Waals surface area contributed by atoms with E-state index < -0.39 is 0 Å². The fourth-order valence-electron chi connectivity index (χ4n) is 6.80. The van der Waals surface area contributed by atoms with Gasteiger partial charge in [0.25, 0.3) is 0 Å². The molecule has 190 valence electrons. The molecule has 1 aromatic heterocycles. The molecule has 7 rings (SSSR count). The third kappa shape index (κ3) is 3.52. The van der Waals surface area contributed by atoms with Crippen molar-refractivity contribution in [2.45, 2.75) is 51.6 Å². The molecule has 5 aromatic rings. The summed E-state index contributed by atoms with van der Waals surface area (Å²) in [7, 11) is 0. The van der Waals surface area contributed by atoms with Gasteiger partial charge < -0.3 is 4.74 Å². The molecule has 1 aliphatic carbocycles. The molecule has 4 nitrogen and oxygen atoms in total. The average Bonchev–Trinajstić information content (AvgIpc) is 2.91. The van der Waals surface area contributed by atoms with E-state index in [1.165, 1.54) is 36.2 Å². The van der Waals surface area contributed by atoms with Crippen LogP contribution in [-0.4, -0.2) is 21.4 Å². The molecule has 0 saturated heterocycles. The monoisotopic (exact) mass is 504 g/mol. The van der Waals surface area contributed by atoms with Gasteiger partial charge in [-0.25, -0.2) is 14.4 Å². The smallest absolute Gasteiger partial charge is 0.193 e. The van der Waals surface area contributed by atoms with Gasteiger partial charge in [0.2, 0.25) is 0 Å². The molecule has 2 aliphatic rings. The highest BCUT2D eigenvalue weighted by molar-refractivity contribution is 6.13. The zero-order valence-electron chi connectivity index (χ0n) is 21.8. The number of carbonyl (C=O) groups is 1. The molecular weight excluding hydrogens is 475 g/mol. The topological polar surface area (TPSA) is 52.1 Å². The second kappa shape index (κ2) is 8.32. The summed E-state index contributed by atoms with van der Waals surface area (Å²) in [4.78, 5) is 23.4. The van der Waals surface area contributed by atoms with Crippen LogP contribution in [0, 0.1) is 17.7 Å². The van der Waals surface area contributed by atoms with Crippen LogP contribution in [0.4, 0.5) is 4.39 Å². The van der Waals surface area contributed by atoms with Gasteiger partial charge in [-0.05, 0) is 81.0 Å². The van der Waals surface area contributed by atoms with Gasteiger partial charge in [0.1, 0.15) is 17.2 Å². The molecule has 0 spiro atoms. The zero-order valence-corrected chi connectivity index (χ0v) is 21.8. The third-order valence-electron chi connectivity index (χ3n) is 8.70. The summed E-state index contributed by atoms with van der Waals surface area (Å²) in [6.07, 6.45) is 3.47. The lowest BCUT2D eigenvalue weighted by molar-refractivity contribution is -0.0115. The number of ether oxygens (including phenoxy) is 1. The number of aromatic nitrogens is 2. The SMILES string of the molecule is CC1CCC2C(C1)c1c(c3ccccc3c3nc4cc(C(=O)c5ccc(F)cc5)ccc4nc13)OC2(C)C. The van der Waals surface area contributed by atoms with Crippen molar-refractivity contribution >= 4 is 38.6 Å². The van der Waals surface area contributed by atoms with E-state index in [2.05, 4.69) is 32.9 Å². The van der Waals surface area contributed by atoms with Gasteiger partial charge in [-0.1, -0.05) is 37.6 Å². The molecule has 0 radical (unpaired) electrons. The summed E-state index contributed by atoms with van der Waals surface area (Å²) < 4.78 is 20.2. The second-order valence-electron chi connectivity index (χ2n) is 11.6. The molecule has 1 saturated carbocycles. The van der Waals surface area contributed by atoms with E-state index in [4.69, 9.17) is 14.7 Å². The van der Waals surface area contributed by atoms with Gasteiger partial charge in [0.15, 0.2) is 5.78 Å². The van der Waals surface area contributed by atoms with E-state index in [1.54, 1.807) is 12.1 Å². The maximum Gasteiger partial charge on any atom is 0.193 e. The Balaban J connectivity index is 1.47. The Labute approximate surface area is 220 Å². The van der Waals surface area contributed by atoms with Gasteiger partial charge >= 0.3 is 0 Å². The van der Waals surface area contributed by atoms with Gasteiger partial charge in [-0.2, -0.15) is 0 Å². The van der Waals surface area contributed by atoms with Crippen LogP contribution >= 0.6 is 0 Å². The Morgan fingerprint density at radius 2 is 1.61 bits per heavy atom. The van der Waals surface area contributed by atoms with Crippen molar-refractivity contribution in [3.05, 3.63) is 89.2 Å². The van der Waals surface area contributed by atoms with Gasteiger partial charge in [0.05, 0.1) is 22.1 Å². The van der Waals surface area contributed by atoms with Gasteiger partial charge in [0, 0.05) is 33.4 Å². The largest absolute Gasteiger partial charge is 0.487 e. The molecule has 4 aromatic carbocycles. The van der Waals surface area contributed by atoms with Crippen molar-refractivity contribution < 1.29 is 13.9 Å². The lowest BCUT2D eigenvalue weighted by Gasteiger charge is -2.49. The van der Waals surface area contributed by atoms with Crippen LogP contribution < -0.4 is 4.74 Å². The number of carbonyl (C=O) groups excluding carboxylic acids is 1. The molecule has 3 atom stereocenters. The average molecular weight is 505 g/mol. The van der Waals surface area contributed by atoms with Crippen LogP contribution in [0.15, 0.2) is 66.7 Å². The summed E-state index contributed by atoms with van der Waals surface area (Å²) in [5, 5.41) is 2.07. The second-order valence-corrected chi connectivity index (χ2v) is 11.6. The number of hydrogen-bond acceptors (Lipinski definition) is 4. The summed E-state index contributed by atoms with van der Waals surface area (Å²) in [5.41, 5.74) is 5.05. The van der Waals surface area contributed by atoms with Crippen LogP contribution in [0.25, 0.3) is 32.8 Å². The summed E-state index contributed by atoms with van der Waals surface area (Å²) in [6.45, 7) is 6.81. The van der Waals surface area contributed by atoms with E-state index in [9.17, 15) is 9.18 Å². The molecule has 3 unspecified atom stereocenters. The first kappa shape index (κ1) is 23.3. The maximum absolute atomic E-state index is 13.4. The molecule has 38 heavy (non-hydrogen) atoms. The van der Waals surface area contributed by atoms with Crippen molar-refractivity contribution in [2.24, 2.45) is 11.8 Å². The van der Waals surface area contributed by atoms with Crippen LogP contribution in [0.3, 0.4) is 0 Å². The lowest BCUT2D eigenvalue weighted by Crippen LogP contribution is -2.46. The Kier molecular flexibility index (Phi) is 5.10. The molecule has 1 fully saturated rings. The van der Waals surface area contributed by atoms with Crippen molar-refractivity contribution in [2.75, 3.05) is 0 Å². The quantitative estimate of drug-likeness (QED) is 0.139. The highest BCUT2D eigenvalue weighted by Gasteiger charge is 2.47. The van der Waals surface area contributed by atoms with E-state index >= 15 is 0 Å². The van der Waals surface area contributed by atoms with Gasteiger partial charge in [-0.15, -0.1) is 0 Å². The fraction of sp³-hybridized carbons (Fsp3) is 0.303. The van der Waals surface area contributed by atoms with Crippen LogP contribution in [0.5, 0.6) is 5.75 Å². The Morgan fingerprint density at radius 3 is 2.39 bits per heavy atom. The molecular formula is C33H29FN2O2. The third-order valence-corrected chi connectivity index (χ3v) is 8.70. The number of ketones is 1. The maximum atomic E-state index is 13.4. The number of hydrogen-bond donors (Lipinski definition) is 0. The highest BCUT2D eigenvalue weighted by atomic mass is 19.1. The summed E-state index contributed by atoms with van der Waals surface area (Å²) >= 11 is 0. The van der Waals surface area contributed by atoms with Crippen molar-refractivity contribution in [1.29, 1.82) is 0 Å². The fourth-order valence-corrected chi connectivity index (χ4v) is 6.80. The normalized spacial score (nSPS) is 22.2. The van der Waals surface area contributed by atoms with Crippen LogP contribution in [-0.2, 0) is 0 Å². The molecule has 0 N–H and O–H groups in total. The molecule has 5 heteroatoms. The first-order valence-electron chi connectivity index (χ1n) is 13.5. The van der Waals surface area contributed by atoms with Crippen molar-refractivity contribution in [3.63, 3.8) is 0 Å². The standard InChI is InChI=1S/C33H29FN2O2/c1-18-8-14-25-24(16-18)28-30-29(22-6-4-5-7-23(22)32(28)38-33(25,2)3)36-27-17-20(11-15-26(27)35-30)31(37)19-9-12-21(34)13-10-19/h4-7,9-13,15,17-18,24-25H,8,14,16H2,1-3H3. The summed E-state index contributed by atoms with van der Waals surface area (Å²) in [6, 6.07) is 19.4. The number of nitrogens with zero attached hydrogens (tertiary/aromatic N) is 2. The minimum atomic E-state index is -0.366. The van der Waals surface area contributed by atoms with Gasteiger partial charge in [-0.3, -0.25) is 4.79 Å². The van der Waals surface area contributed by atoms with Crippen LogP contribution in [0.2, 0.25) is 0 Å². The molecule has 0 bridgehead atoms. The zero-order chi connectivity index (χ0) is 26.2. The van der Waals surface area contributed by atoms with E-state index in [1.807, 2.05) is 18.2 Å². The Hall–Kier alpha value is -3.86. The molecule has 0 amide bonds. The van der Waals surface area contributed by atoms with Crippen molar-refractivity contribution in [1.82, 2.24) is 9.97 Å². The van der Waals surface area contributed by atoms with Crippen LogP contribution in [0.1, 0.15) is 67.4 Å². The number of benzene rings is 4. The lowest BCUT2D eigenvalue weighted by atomic mass is 9.64. The Morgan fingerprint density at radius 1 is 0.895 bits per heavy atom. The minimum Gasteiger partial charge on any atom is -0.487 e. The molecule has 1 aliphatic heterocycles. The predicted octanol–water partition coefficient (Wildman–Crippen LogP) is 8.00. The highest BCUT2D eigenvalue weighted by Crippen LogP contribution is 2.56. The Bertz CT molecular complexity index is 1760. The van der Waals surface area contributed by atoms with E-state index in [0.29, 0.717) is 34.4 Å². The number of halogens is 1.